The van der Waals surface area contributed by atoms with Crippen molar-refractivity contribution in [2.75, 3.05) is 4.90 Å². The lowest BCUT2D eigenvalue weighted by Gasteiger charge is -2.47. The number of fused-ring (bicyclic) bond motifs is 1. The lowest BCUT2D eigenvalue weighted by Crippen LogP contribution is -2.64. The summed E-state index contributed by atoms with van der Waals surface area (Å²) in [4.78, 5) is 21.9. The Hall–Kier alpha value is -3.39. The minimum Gasteiger partial charge on any atom is -0.508 e. The van der Waals surface area contributed by atoms with Crippen LogP contribution >= 0.6 is 15.9 Å². The summed E-state index contributed by atoms with van der Waals surface area (Å²) in [5.74, 6) is -0.936. The number of aromatic hydroxyl groups is 1. The molecule has 0 bridgehead atoms. The van der Waals surface area contributed by atoms with Gasteiger partial charge in [0, 0.05) is 12.6 Å². The summed E-state index contributed by atoms with van der Waals surface area (Å²) in [6.07, 6.45) is -10.3. The third kappa shape index (κ3) is 5.53. The first-order valence-electron chi connectivity index (χ1n) is 11.5. The van der Waals surface area contributed by atoms with Crippen LogP contribution in [0.3, 0.4) is 0 Å². The molecule has 0 spiro atoms. The first kappa shape index (κ1) is 28.6. The monoisotopic (exact) mass is 618 g/mol. The maximum atomic E-state index is 13.4. The molecule has 0 saturated heterocycles. The highest BCUT2D eigenvalue weighted by Crippen LogP contribution is 2.45. The van der Waals surface area contributed by atoms with Crippen molar-refractivity contribution in [1.29, 1.82) is 0 Å². The van der Waals surface area contributed by atoms with Crippen molar-refractivity contribution in [2.24, 2.45) is 5.73 Å². The smallest absolute Gasteiger partial charge is 0.416 e. The summed E-state index contributed by atoms with van der Waals surface area (Å²) in [6, 6.07) is 5.41. The Morgan fingerprint density at radius 2 is 1.74 bits per heavy atom. The molecule has 2 aromatic carbocycles. The van der Waals surface area contributed by atoms with Crippen LogP contribution in [-0.2, 0) is 25.2 Å². The maximum absolute atomic E-state index is 13.4. The average Bonchev–Trinajstić information content (AvgIpc) is 2.83. The molecule has 14 heteroatoms. The van der Waals surface area contributed by atoms with E-state index in [4.69, 9.17) is 5.73 Å². The number of rotatable bonds is 4. The number of anilines is 1. The SMILES string of the molecule is CCC1(N)C(c2ncc(Br)c(Cc3cc(C(F)(F)F)cc(C(F)(F)F)c3)n2)Cc2cc(O)ccc2N1C(=O)O. The Morgan fingerprint density at radius 3 is 2.28 bits per heavy atom. The second-order valence-corrected chi connectivity index (χ2v) is 10.0. The Bertz CT molecular complexity index is 1400. The number of hydrogen-bond acceptors (Lipinski definition) is 5. The number of hydrogen-bond donors (Lipinski definition) is 3. The zero-order valence-electron chi connectivity index (χ0n) is 20.1. The van der Waals surface area contributed by atoms with Crippen molar-refractivity contribution in [3.8, 4) is 5.75 Å². The van der Waals surface area contributed by atoms with Crippen LogP contribution in [-0.4, -0.2) is 31.9 Å². The minimum absolute atomic E-state index is 0.0424. The van der Waals surface area contributed by atoms with Gasteiger partial charge in [-0.2, -0.15) is 26.3 Å². The van der Waals surface area contributed by atoms with Crippen LogP contribution in [0.15, 0.2) is 47.1 Å². The highest BCUT2D eigenvalue weighted by Gasteiger charge is 2.49. The van der Waals surface area contributed by atoms with E-state index in [1.54, 1.807) is 6.92 Å². The van der Waals surface area contributed by atoms with Crippen LogP contribution in [0.1, 0.15) is 53.0 Å². The molecule has 208 valence electrons. The zero-order chi connectivity index (χ0) is 28.9. The summed E-state index contributed by atoms with van der Waals surface area (Å²) < 4.78 is 80.3. The van der Waals surface area contributed by atoms with Crippen molar-refractivity contribution in [3.63, 3.8) is 0 Å². The predicted molar refractivity (Wildman–Crippen MR) is 131 cm³/mol. The van der Waals surface area contributed by atoms with E-state index < -0.39 is 47.6 Å². The first-order valence-corrected chi connectivity index (χ1v) is 12.3. The fourth-order valence-corrected chi connectivity index (χ4v) is 5.09. The number of alkyl halides is 6. The van der Waals surface area contributed by atoms with Gasteiger partial charge in [-0.25, -0.2) is 14.8 Å². The van der Waals surface area contributed by atoms with Crippen molar-refractivity contribution in [1.82, 2.24) is 9.97 Å². The third-order valence-corrected chi connectivity index (χ3v) is 7.33. The quantitative estimate of drug-likeness (QED) is 0.289. The van der Waals surface area contributed by atoms with E-state index in [1.807, 2.05) is 0 Å². The van der Waals surface area contributed by atoms with Gasteiger partial charge >= 0.3 is 18.4 Å². The summed E-state index contributed by atoms with van der Waals surface area (Å²) >= 11 is 3.21. The van der Waals surface area contributed by atoms with Gasteiger partial charge in [0.15, 0.2) is 0 Å². The molecule has 1 aromatic heterocycles. The second kappa shape index (κ2) is 9.97. The number of benzene rings is 2. The molecule has 3 aromatic rings. The molecule has 4 rings (SSSR count). The van der Waals surface area contributed by atoms with Gasteiger partial charge in [0.2, 0.25) is 0 Å². The molecule has 7 nitrogen and oxygen atoms in total. The molecule has 0 radical (unpaired) electrons. The second-order valence-electron chi connectivity index (χ2n) is 9.15. The molecule has 4 N–H and O–H groups in total. The largest absolute Gasteiger partial charge is 0.508 e. The van der Waals surface area contributed by atoms with Crippen LogP contribution in [0, 0.1) is 0 Å². The summed E-state index contributed by atoms with van der Waals surface area (Å²) in [6.45, 7) is 1.66. The third-order valence-electron chi connectivity index (χ3n) is 6.67. The van der Waals surface area contributed by atoms with Gasteiger partial charge in [-0.15, -0.1) is 0 Å². The van der Waals surface area contributed by atoms with Crippen LogP contribution in [0.25, 0.3) is 0 Å². The highest BCUT2D eigenvalue weighted by molar-refractivity contribution is 9.10. The molecular weight excluding hydrogens is 598 g/mol. The van der Waals surface area contributed by atoms with Crippen LogP contribution in [0.2, 0.25) is 0 Å². The lowest BCUT2D eigenvalue weighted by atomic mass is 9.78. The number of nitrogens with two attached hydrogens (primary N) is 1. The fraction of sp³-hybridized carbons (Fsp3) is 0.320. The van der Waals surface area contributed by atoms with Gasteiger partial charge in [0.1, 0.15) is 17.2 Å². The number of nitrogens with zero attached hydrogens (tertiary/aromatic N) is 3. The minimum atomic E-state index is -5.01. The molecule has 2 heterocycles. The number of halogens is 7. The normalized spacial score (nSPS) is 19.6. The number of carbonyl (C=O) groups is 1. The van der Waals surface area contributed by atoms with Gasteiger partial charge in [0.05, 0.1) is 32.9 Å². The summed E-state index contributed by atoms with van der Waals surface area (Å²) in [5, 5.41) is 20.0. The molecule has 39 heavy (non-hydrogen) atoms. The summed E-state index contributed by atoms with van der Waals surface area (Å²) in [7, 11) is 0. The van der Waals surface area contributed by atoms with Gasteiger partial charge < -0.3 is 15.9 Å². The van der Waals surface area contributed by atoms with E-state index in [2.05, 4.69) is 25.9 Å². The Morgan fingerprint density at radius 1 is 1.13 bits per heavy atom. The molecule has 0 fully saturated rings. The molecule has 1 aliphatic heterocycles. The van der Waals surface area contributed by atoms with E-state index in [9.17, 15) is 41.4 Å². The number of phenols is 1. The van der Waals surface area contributed by atoms with E-state index in [0.717, 1.165) is 4.90 Å². The molecule has 0 aliphatic carbocycles. The van der Waals surface area contributed by atoms with Crippen molar-refractivity contribution in [3.05, 3.63) is 80.8 Å². The number of aromatic nitrogens is 2. The van der Waals surface area contributed by atoms with Crippen molar-refractivity contribution < 1.29 is 41.4 Å². The number of phenolic OH excluding ortho intramolecular Hbond substituents is 1. The molecule has 1 amide bonds. The fourth-order valence-electron chi connectivity index (χ4n) is 4.76. The van der Waals surface area contributed by atoms with Gasteiger partial charge in [-0.05, 0) is 76.3 Å². The van der Waals surface area contributed by atoms with Gasteiger partial charge in [0.25, 0.3) is 0 Å². The summed E-state index contributed by atoms with van der Waals surface area (Å²) in [5.41, 5.74) is 2.69. The van der Waals surface area contributed by atoms with Gasteiger partial charge in [-0.3, -0.25) is 4.90 Å². The lowest BCUT2D eigenvalue weighted by molar-refractivity contribution is -0.143. The Balaban J connectivity index is 1.81. The Labute approximate surface area is 226 Å². The van der Waals surface area contributed by atoms with Crippen molar-refractivity contribution >= 4 is 27.7 Å². The van der Waals surface area contributed by atoms with E-state index in [-0.39, 0.29) is 51.9 Å². The molecular formula is C25H21BrF6N4O3. The highest BCUT2D eigenvalue weighted by atomic mass is 79.9. The topological polar surface area (TPSA) is 113 Å². The first-order chi connectivity index (χ1) is 18.0. The van der Waals surface area contributed by atoms with Crippen LogP contribution in [0.5, 0.6) is 5.75 Å². The standard InChI is InChI=1S/C25H21BrF6N4O3/c1-2-23(33)17(9-13-8-16(37)3-4-20(13)36(23)22(38)39)21-34-11-18(26)19(35-21)7-12-5-14(24(27,28)29)10-15(6-12)25(30,31)32/h3-6,8,10-11,17,37H,2,7,9,33H2,1H3,(H,38,39). The number of amides is 1. The molecule has 2 unspecified atom stereocenters. The number of carboxylic acid groups (broad SMARTS) is 1. The molecule has 1 aliphatic rings. The average molecular weight is 619 g/mol. The predicted octanol–water partition coefficient (Wildman–Crippen LogP) is 6.46. The van der Waals surface area contributed by atoms with Crippen LogP contribution in [0.4, 0.5) is 36.8 Å². The van der Waals surface area contributed by atoms with E-state index >= 15 is 0 Å². The molecule has 0 saturated carbocycles. The van der Waals surface area contributed by atoms with Crippen LogP contribution < -0.4 is 10.6 Å². The molecule has 2 atom stereocenters. The van der Waals surface area contributed by atoms with Crippen molar-refractivity contribution in [2.45, 2.75) is 50.1 Å². The van der Waals surface area contributed by atoms with Gasteiger partial charge in [-0.1, -0.05) is 6.92 Å². The Kier molecular flexibility index (Phi) is 7.32. The van der Waals surface area contributed by atoms with E-state index in [1.165, 1.54) is 24.4 Å². The maximum Gasteiger partial charge on any atom is 0.416 e. The zero-order valence-corrected chi connectivity index (χ0v) is 21.7. The van der Waals surface area contributed by atoms with E-state index in [0.29, 0.717) is 17.7 Å².